The summed E-state index contributed by atoms with van der Waals surface area (Å²) >= 11 is 0.851. The number of likely N-dealkylation sites (tertiary alicyclic amines) is 1. The lowest BCUT2D eigenvalue weighted by Crippen LogP contribution is -2.72. The highest BCUT2D eigenvalue weighted by Crippen LogP contribution is 2.69. The molecular weight excluding hydrogens is 777 g/mol. The Labute approximate surface area is 286 Å². The first-order chi connectivity index (χ1) is 23.2. The smallest absolute Gasteiger partial charge is 0.337 e. The van der Waals surface area contributed by atoms with E-state index in [1.165, 1.54) is 5.38 Å². The summed E-state index contributed by atoms with van der Waals surface area (Å²) in [5.41, 5.74) is -15.2. The van der Waals surface area contributed by atoms with Crippen LogP contribution >= 0.6 is 11.3 Å². The highest BCUT2D eigenvalue weighted by molar-refractivity contribution is 7.10. The number of carbonyl (C=O) groups is 2. The van der Waals surface area contributed by atoms with E-state index in [2.05, 4.69) is 10.3 Å². The average molecular weight is 804 g/mol. The number of carbonyl (C=O) groups excluding carboxylic acids is 2. The topological polar surface area (TPSA) is 62.3 Å². The number of hydrogen-bond donors (Lipinski definition) is 1. The Hall–Kier alpha value is -3.40. The molecule has 1 aliphatic heterocycles. The molecule has 1 fully saturated rings. The Morgan fingerprint density at radius 2 is 1.25 bits per heavy atom. The first-order valence-corrected chi connectivity index (χ1v) is 15.4. The molecule has 294 valence electrons. The van der Waals surface area contributed by atoms with Crippen LogP contribution in [0, 0.1) is 5.41 Å². The minimum atomic E-state index is -8.47. The van der Waals surface area contributed by atoms with Crippen LogP contribution < -0.4 is 5.32 Å². The first kappa shape index (κ1) is 43.0. The Morgan fingerprint density at radius 1 is 0.769 bits per heavy atom. The lowest BCUT2D eigenvalue weighted by atomic mass is 9.72. The van der Waals surface area contributed by atoms with Crippen molar-refractivity contribution in [1.82, 2.24) is 9.88 Å². The zero-order valence-corrected chi connectivity index (χ0v) is 27.4. The van der Waals surface area contributed by atoms with Gasteiger partial charge in [0.1, 0.15) is 5.69 Å². The molecule has 2 heterocycles. The Balaban J connectivity index is 1.86. The number of halogens is 17. The molecule has 1 saturated heterocycles. The summed E-state index contributed by atoms with van der Waals surface area (Å²) in [6.45, 7) is 3.54. The van der Waals surface area contributed by atoms with Gasteiger partial charge in [0.2, 0.25) is 0 Å². The molecule has 2 aromatic rings. The molecule has 1 aliphatic rings. The number of nitrogens with zero attached hydrogens (tertiary/aromatic N) is 2. The van der Waals surface area contributed by atoms with Gasteiger partial charge in [-0.25, -0.2) is 18.2 Å². The molecule has 1 aromatic carbocycles. The van der Waals surface area contributed by atoms with Gasteiger partial charge in [-0.3, -0.25) is 9.59 Å². The van der Waals surface area contributed by atoms with Crippen molar-refractivity contribution in [3.05, 3.63) is 45.9 Å². The predicted molar refractivity (Wildman–Crippen MR) is 149 cm³/mol. The molecule has 2 amide bonds. The predicted octanol–water partition coefficient (Wildman–Crippen LogP) is 10.0. The van der Waals surface area contributed by atoms with Crippen LogP contribution in [-0.2, 0) is 10.2 Å². The van der Waals surface area contributed by atoms with Crippen LogP contribution in [0.25, 0.3) is 0 Å². The summed E-state index contributed by atoms with van der Waals surface area (Å²) in [4.78, 5) is 29.2. The number of para-hydroxylation sites is 1. The van der Waals surface area contributed by atoms with E-state index in [-0.39, 0.29) is 15.6 Å². The lowest BCUT2D eigenvalue weighted by molar-refractivity contribution is -0.481. The van der Waals surface area contributed by atoms with Crippen molar-refractivity contribution in [3.8, 4) is 0 Å². The van der Waals surface area contributed by atoms with Crippen LogP contribution in [-0.4, -0.2) is 77.0 Å². The van der Waals surface area contributed by atoms with Crippen molar-refractivity contribution in [2.75, 3.05) is 18.4 Å². The number of alkyl halides is 17. The summed E-state index contributed by atoms with van der Waals surface area (Å²) in [5.74, 6) is -19.9. The number of hydrogen-bond acceptors (Lipinski definition) is 4. The minimum Gasteiger partial charge on any atom is -0.337 e. The minimum absolute atomic E-state index is 0.130. The third-order valence-corrected chi connectivity index (χ3v) is 9.38. The van der Waals surface area contributed by atoms with E-state index in [4.69, 9.17) is 0 Å². The van der Waals surface area contributed by atoms with E-state index in [1.54, 1.807) is 24.3 Å². The number of rotatable bonds is 8. The van der Waals surface area contributed by atoms with Gasteiger partial charge in [0.15, 0.2) is 0 Å². The van der Waals surface area contributed by atoms with Crippen molar-refractivity contribution in [3.63, 3.8) is 0 Å². The zero-order valence-electron chi connectivity index (χ0n) is 26.5. The van der Waals surface area contributed by atoms with Gasteiger partial charge in [-0.05, 0) is 29.9 Å². The van der Waals surface area contributed by atoms with Gasteiger partial charge in [0, 0.05) is 30.1 Å². The molecule has 0 bridgehead atoms. The first-order valence-electron chi connectivity index (χ1n) is 14.5. The number of benzene rings is 1. The monoisotopic (exact) mass is 803 g/mol. The van der Waals surface area contributed by atoms with Crippen molar-refractivity contribution in [2.24, 2.45) is 5.41 Å². The number of thiazole rings is 1. The highest BCUT2D eigenvalue weighted by Gasteiger charge is 2.95. The molecule has 1 unspecified atom stereocenters. The highest BCUT2D eigenvalue weighted by atomic mass is 32.1. The number of aromatic nitrogens is 1. The number of amides is 2. The SMILES string of the molecule is CC(C)(C)c1ccccc1NC(=O)c1csc(C2CCN(C(=O)C(F)(F)C(F)(CC(F)(F)C(C(F)(F)F)(C(F)(F)F)C(F)(F)F)C(F)(F)F)CC2)n1. The van der Waals surface area contributed by atoms with Gasteiger partial charge in [0.25, 0.3) is 23.4 Å². The van der Waals surface area contributed by atoms with Gasteiger partial charge in [-0.1, -0.05) is 39.0 Å². The normalized spacial score (nSPS) is 17.6. The molecular formula is C29H26F17N3O2S. The van der Waals surface area contributed by atoms with Crippen LogP contribution in [0.3, 0.4) is 0 Å². The van der Waals surface area contributed by atoms with Crippen molar-refractivity contribution >= 4 is 28.8 Å². The molecule has 5 nitrogen and oxygen atoms in total. The maximum Gasteiger partial charge on any atom is 0.429 e. The van der Waals surface area contributed by atoms with Gasteiger partial charge < -0.3 is 10.2 Å². The standard InChI is InChI=1S/C29H26F17N3O2S/c1-21(2,3)15-6-4-5-7-16(15)47-18(50)17-12-52-19(48-17)14-8-10-49(11-9-14)20(51)24(33,34)22(30,26(35,36)37)13-23(31,32)25(27(38,39)40,28(41,42)43)29(44,45)46/h4-7,12,14H,8-11,13H2,1-3H3,(H,47,50). The molecule has 0 radical (unpaired) electrons. The number of anilines is 1. The van der Waals surface area contributed by atoms with E-state index in [0.717, 1.165) is 16.9 Å². The Kier molecular flexibility index (Phi) is 11.1. The van der Waals surface area contributed by atoms with Crippen LogP contribution in [0.15, 0.2) is 29.6 Å². The van der Waals surface area contributed by atoms with Crippen LogP contribution in [0.2, 0.25) is 0 Å². The van der Waals surface area contributed by atoms with Crippen LogP contribution in [0.5, 0.6) is 0 Å². The summed E-state index contributed by atoms with van der Waals surface area (Å²) in [6.07, 6.45) is -38.5. The summed E-state index contributed by atoms with van der Waals surface area (Å²) in [5, 5.41) is 4.07. The van der Waals surface area contributed by atoms with Gasteiger partial charge >= 0.3 is 36.0 Å². The largest absolute Gasteiger partial charge is 0.429 e. The molecule has 0 spiro atoms. The molecule has 1 atom stereocenters. The molecule has 0 aliphatic carbocycles. The second-order valence-electron chi connectivity index (χ2n) is 12.9. The lowest BCUT2D eigenvalue weighted by Gasteiger charge is -2.46. The maximum absolute atomic E-state index is 15.2. The van der Waals surface area contributed by atoms with Gasteiger partial charge in [-0.15, -0.1) is 11.3 Å². The Bertz CT molecular complexity index is 1580. The third-order valence-electron chi connectivity index (χ3n) is 8.37. The molecule has 3 rings (SSSR count). The second-order valence-corrected chi connectivity index (χ2v) is 13.8. The molecule has 0 saturated carbocycles. The third kappa shape index (κ3) is 7.38. The fourth-order valence-corrected chi connectivity index (χ4v) is 6.61. The van der Waals surface area contributed by atoms with Crippen molar-refractivity contribution in [2.45, 2.75) is 93.6 Å². The second kappa shape index (κ2) is 13.5. The molecule has 1 N–H and O–H groups in total. The van der Waals surface area contributed by atoms with E-state index >= 15 is 13.2 Å². The van der Waals surface area contributed by atoms with Crippen molar-refractivity contribution in [1.29, 1.82) is 0 Å². The quantitative estimate of drug-likeness (QED) is 0.271. The molecule has 52 heavy (non-hydrogen) atoms. The summed E-state index contributed by atoms with van der Waals surface area (Å²) in [6, 6.07) is 6.74. The van der Waals surface area contributed by atoms with E-state index in [0.29, 0.717) is 5.69 Å². The molecule has 1 aromatic heterocycles. The fraction of sp³-hybridized carbons (Fsp3) is 0.621. The van der Waals surface area contributed by atoms with Gasteiger partial charge in [-0.2, -0.15) is 61.5 Å². The van der Waals surface area contributed by atoms with E-state index < -0.39 is 103 Å². The van der Waals surface area contributed by atoms with Crippen LogP contribution in [0.4, 0.5) is 80.3 Å². The molecule has 23 heteroatoms. The number of nitrogens with one attached hydrogen (secondary N) is 1. The summed E-state index contributed by atoms with van der Waals surface area (Å²) < 4.78 is 235. The fourth-order valence-electron chi connectivity index (χ4n) is 5.64. The summed E-state index contributed by atoms with van der Waals surface area (Å²) in [7, 11) is 0. The maximum atomic E-state index is 15.2. The van der Waals surface area contributed by atoms with E-state index in [9.17, 15) is 71.1 Å². The number of piperidine rings is 1. The van der Waals surface area contributed by atoms with Crippen molar-refractivity contribution < 1.29 is 84.2 Å². The zero-order chi connectivity index (χ0) is 40.3. The van der Waals surface area contributed by atoms with E-state index in [1.807, 2.05) is 20.8 Å². The van der Waals surface area contributed by atoms with Crippen LogP contribution in [0.1, 0.15) is 67.0 Å². The Morgan fingerprint density at radius 3 is 1.69 bits per heavy atom. The average Bonchev–Trinajstić information content (AvgIpc) is 3.44. The van der Waals surface area contributed by atoms with Gasteiger partial charge in [0.05, 0.1) is 11.4 Å².